The number of hydrogen-bond acceptors (Lipinski definition) is 4. The first kappa shape index (κ1) is 13.8. The molecule has 108 valence electrons. The summed E-state index contributed by atoms with van der Waals surface area (Å²) in [5.41, 5.74) is 3.20. The smallest absolute Gasteiger partial charge is 0.119 e. The lowest BCUT2D eigenvalue weighted by atomic mass is 10.1. The van der Waals surface area contributed by atoms with Gasteiger partial charge in [0.05, 0.1) is 30.1 Å². The van der Waals surface area contributed by atoms with Crippen LogP contribution in [-0.2, 0) is 0 Å². The van der Waals surface area contributed by atoms with Crippen molar-refractivity contribution >= 4 is 0 Å². The van der Waals surface area contributed by atoms with E-state index in [4.69, 9.17) is 10.00 Å². The van der Waals surface area contributed by atoms with Crippen molar-refractivity contribution in [3.63, 3.8) is 0 Å². The maximum Gasteiger partial charge on any atom is 0.119 e. The second-order valence-corrected chi connectivity index (χ2v) is 4.67. The molecule has 0 fully saturated rings. The summed E-state index contributed by atoms with van der Waals surface area (Å²) in [4.78, 5) is 0. The minimum atomic E-state index is 0.619. The Morgan fingerprint density at radius 2 is 2.00 bits per heavy atom. The molecule has 0 saturated heterocycles. The zero-order valence-electron chi connectivity index (χ0n) is 12.1. The van der Waals surface area contributed by atoms with Crippen molar-refractivity contribution in [3.8, 4) is 28.8 Å². The van der Waals surface area contributed by atoms with Crippen LogP contribution < -0.4 is 4.74 Å². The standard InChI is InChI=1S/C17H14N4O/c1-2-22-16-5-3-4-14(10-16)17-12-21(20-19-17)15-8-6-13(11-18)7-9-15/h3-10,12H,2H2,1H3. The minimum Gasteiger partial charge on any atom is -0.494 e. The Bertz CT molecular complexity index is 815. The molecule has 0 bridgehead atoms. The first-order chi connectivity index (χ1) is 10.8. The van der Waals surface area contributed by atoms with E-state index in [0.29, 0.717) is 12.2 Å². The van der Waals surface area contributed by atoms with Crippen molar-refractivity contribution in [1.29, 1.82) is 5.26 Å². The first-order valence-electron chi connectivity index (χ1n) is 6.96. The average molecular weight is 290 g/mol. The number of benzene rings is 2. The molecule has 0 aliphatic carbocycles. The summed E-state index contributed by atoms with van der Waals surface area (Å²) in [6.07, 6.45) is 1.85. The predicted molar refractivity (Wildman–Crippen MR) is 82.7 cm³/mol. The van der Waals surface area contributed by atoms with Gasteiger partial charge in [0.2, 0.25) is 0 Å². The molecule has 22 heavy (non-hydrogen) atoms. The second-order valence-electron chi connectivity index (χ2n) is 4.67. The molecule has 0 saturated carbocycles. The van der Waals surface area contributed by atoms with Gasteiger partial charge in [-0.2, -0.15) is 5.26 Å². The van der Waals surface area contributed by atoms with E-state index >= 15 is 0 Å². The van der Waals surface area contributed by atoms with Crippen LogP contribution in [0, 0.1) is 11.3 Å². The maximum absolute atomic E-state index is 8.82. The van der Waals surface area contributed by atoms with Crippen LogP contribution in [0.5, 0.6) is 5.75 Å². The highest BCUT2D eigenvalue weighted by Gasteiger charge is 2.06. The van der Waals surface area contributed by atoms with E-state index in [9.17, 15) is 0 Å². The number of aromatic nitrogens is 3. The van der Waals surface area contributed by atoms with Crippen LogP contribution in [0.15, 0.2) is 54.7 Å². The molecule has 1 aromatic heterocycles. The van der Waals surface area contributed by atoms with Gasteiger partial charge in [-0.25, -0.2) is 4.68 Å². The van der Waals surface area contributed by atoms with Crippen molar-refractivity contribution in [3.05, 3.63) is 60.3 Å². The Kier molecular flexibility index (Phi) is 3.84. The van der Waals surface area contributed by atoms with Crippen LogP contribution in [0.1, 0.15) is 12.5 Å². The van der Waals surface area contributed by atoms with E-state index < -0.39 is 0 Å². The summed E-state index contributed by atoms with van der Waals surface area (Å²) >= 11 is 0. The third-order valence-corrected chi connectivity index (χ3v) is 3.20. The highest BCUT2D eigenvalue weighted by atomic mass is 16.5. The van der Waals surface area contributed by atoms with Crippen LogP contribution in [0.3, 0.4) is 0 Å². The van der Waals surface area contributed by atoms with Gasteiger partial charge in [-0.3, -0.25) is 0 Å². The molecule has 3 rings (SSSR count). The molecule has 2 aromatic carbocycles. The number of nitrogens with zero attached hydrogens (tertiary/aromatic N) is 4. The van der Waals surface area contributed by atoms with Gasteiger partial charge in [-0.15, -0.1) is 5.10 Å². The molecule has 0 aliphatic heterocycles. The summed E-state index contributed by atoms with van der Waals surface area (Å²) in [5, 5.41) is 17.2. The fourth-order valence-electron chi connectivity index (χ4n) is 2.12. The average Bonchev–Trinajstić information content (AvgIpc) is 3.06. The number of hydrogen-bond donors (Lipinski definition) is 0. The van der Waals surface area contributed by atoms with Crippen LogP contribution in [-0.4, -0.2) is 21.6 Å². The Labute approximate surface area is 128 Å². The van der Waals surface area contributed by atoms with Gasteiger partial charge in [0.15, 0.2) is 0 Å². The molecule has 0 aliphatic rings. The van der Waals surface area contributed by atoms with Gasteiger partial charge in [0, 0.05) is 5.56 Å². The molecule has 0 atom stereocenters. The molecule has 3 aromatic rings. The molecule has 0 radical (unpaired) electrons. The summed E-state index contributed by atoms with van der Waals surface area (Å²) in [7, 11) is 0. The van der Waals surface area contributed by atoms with Crippen LogP contribution >= 0.6 is 0 Å². The fourth-order valence-corrected chi connectivity index (χ4v) is 2.12. The van der Waals surface area contributed by atoms with Crippen molar-refractivity contribution < 1.29 is 4.74 Å². The second kappa shape index (κ2) is 6.10. The van der Waals surface area contributed by atoms with Crippen molar-refractivity contribution in [2.24, 2.45) is 0 Å². The van der Waals surface area contributed by atoms with Gasteiger partial charge >= 0.3 is 0 Å². The molecular formula is C17H14N4O. The molecule has 5 nitrogen and oxygen atoms in total. The molecule has 0 spiro atoms. The van der Waals surface area contributed by atoms with E-state index in [2.05, 4.69) is 16.4 Å². The van der Waals surface area contributed by atoms with Crippen molar-refractivity contribution in [2.75, 3.05) is 6.61 Å². The van der Waals surface area contributed by atoms with Crippen LogP contribution in [0.4, 0.5) is 0 Å². The van der Waals surface area contributed by atoms with Crippen LogP contribution in [0.25, 0.3) is 16.9 Å². The lowest BCUT2D eigenvalue weighted by Crippen LogP contribution is -1.94. The van der Waals surface area contributed by atoms with Crippen molar-refractivity contribution in [1.82, 2.24) is 15.0 Å². The summed E-state index contributed by atoms with van der Waals surface area (Å²) in [6, 6.07) is 17.0. The maximum atomic E-state index is 8.82. The monoisotopic (exact) mass is 290 g/mol. The van der Waals surface area contributed by atoms with Gasteiger partial charge in [-0.05, 0) is 43.3 Å². The largest absolute Gasteiger partial charge is 0.494 e. The summed E-state index contributed by atoms with van der Waals surface area (Å²) in [5.74, 6) is 0.813. The van der Waals surface area contributed by atoms with Gasteiger partial charge in [-0.1, -0.05) is 17.3 Å². The molecular weight excluding hydrogens is 276 g/mol. The molecule has 0 unspecified atom stereocenters. The lowest BCUT2D eigenvalue weighted by molar-refractivity contribution is 0.340. The Hall–Kier alpha value is -3.13. The van der Waals surface area contributed by atoms with Crippen molar-refractivity contribution in [2.45, 2.75) is 6.92 Å². The Balaban J connectivity index is 1.90. The first-order valence-corrected chi connectivity index (χ1v) is 6.96. The zero-order valence-corrected chi connectivity index (χ0v) is 12.1. The van der Waals surface area contributed by atoms with Gasteiger partial charge < -0.3 is 4.74 Å². The molecule has 1 heterocycles. The Morgan fingerprint density at radius 1 is 1.18 bits per heavy atom. The van der Waals surface area contributed by atoms with Gasteiger partial charge in [0.25, 0.3) is 0 Å². The van der Waals surface area contributed by atoms with E-state index in [1.807, 2.05) is 49.5 Å². The number of ether oxygens (including phenoxy) is 1. The van der Waals surface area contributed by atoms with E-state index in [1.165, 1.54) is 0 Å². The molecule has 0 amide bonds. The highest BCUT2D eigenvalue weighted by Crippen LogP contribution is 2.22. The van der Waals surface area contributed by atoms with Gasteiger partial charge in [0.1, 0.15) is 11.4 Å². The summed E-state index contributed by atoms with van der Waals surface area (Å²) < 4.78 is 7.18. The third-order valence-electron chi connectivity index (χ3n) is 3.20. The normalized spacial score (nSPS) is 10.2. The minimum absolute atomic E-state index is 0.619. The van der Waals surface area contributed by atoms with E-state index in [0.717, 1.165) is 22.7 Å². The zero-order chi connectivity index (χ0) is 15.4. The fraction of sp³-hybridized carbons (Fsp3) is 0.118. The third kappa shape index (κ3) is 2.81. The number of rotatable bonds is 4. The van der Waals surface area contributed by atoms with E-state index in [1.54, 1.807) is 16.8 Å². The van der Waals surface area contributed by atoms with E-state index in [-0.39, 0.29) is 0 Å². The highest BCUT2D eigenvalue weighted by molar-refractivity contribution is 5.60. The summed E-state index contributed by atoms with van der Waals surface area (Å²) in [6.45, 7) is 2.58. The quantitative estimate of drug-likeness (QED) is 0.740. The Morgan fingerprint density at radius 3 is 2.73 bits per heavy atom. The SMILES string of the molecule is CCOc1cccc(-c2cn(-c3ccc(C#N)cc3)nn2)c1. The predicted octanol–water partition coefficient (Wildman–Crippen LogP) is 3.20. The molecule has 0 N–H and O–H groups in total. The lowest BCUT2D eigenvalue weighted by Gasteiger charge is -2.03. The topological polar surface area (TPSA) is 63.7 Å². The molecule has 5 heteroatoms. The van der Waals surface area contributed by atoms with Crippen LogP contribution in [0.2, 0.25) is 0 Å². The number of nitriles is 1.